The summed E-state index contributed by atoms with van der Waals surface area (Å²) in [4.78, 5) is 11.2. The van der Waals surface area contributed by atoms with Crippen LogP contribution in [0.15, 0.2) is 30.3 Å². The summed E-state index contributed by atoms with van der Waals surface area (Å²) in [6, 6.07) is 9.87. The molecule has 0 aliphatic rings. The Morgan fingerprint density at radius 2 is 2.00 bits per heavy atom. The van der Waals surface area contributed by atoms with Crippen LogP contribution < -0.4 is 0 Å². The van der Waals surface area contributed by atoms with Crippen LogP contribution in [0.3, 0.4) is 0 Å². The molecule has 0 amide bonds. The van der Waals surface area contributed by atoms with Gasteiger partial charge in [-0.2, -0.15) is 0 Å². The molecule has 0 radical (unpaired) electrons. The topological polar surface area (TPSA) is 26.3 Å². The van der Waals surface area contributed by atoms with Gasteiger partial charge in [0, 0.05) is 6.42 Å². The van der Waals surface area contributed by atoms with Crippen molar-refractivity contribution in [3.05, 3.63) is 35.9 Å². The maximum atomic E-state index is 11.2. The molecule has 2 heteroatoms. The number of rotatable bonds is 5. The van der Waals surface area contributed by atoms with Crippen LogP contribution in [-0.2, 0) is 16.1 Å². The molecule has 0 saturated heterocycles. The molecule has 1 atom stereocenters. The van der Waals surface area contributed by atoms with Gasteiger partial charge in [-0.25, -0.2) is 0 Å². The molecule has 0 spiro atoms. The monoisotopic (exact) mass is 192 g/mol. The van der Waals surface area contributed by atoms with Crippen LogP contribution >= 0.6 is 0 Å². The van der Waals surface area contributed by atoms with Gasteiger partial charge in [0.1, 0.15) is 6.10 Å². The van der Waals surface area contributed by atoms with E-state index in [1.807, 2.05) is 37.3 Å². The second kappa shape index (κ2) is 5.55. The molecule has 1 aromatic carbocycles. The van der Waals surface area contributed by atoms with Gasteiger partial charge in [0.2, 0.25) is 0 Å². The summed E-state index contributed by atoms with van der Waals surface area (Å²) in [5.74, 6) is 0.154. The molecule has 0 unspecified atom stereocenters. The number of ether oxygens (including phenoxy) is 1. The van der Waals surface area contributed by atoms with E-state index in [0.29, 0.717) is 13.0 Å². The Morgan fingerprint density at radius 1 is 1.36 bits per heavy atom. The van der Waals surface area contributed by atoms with Crippen molar-refractivity contribution >= 4 is 5.78 Å². The Kier molecular flexibility index (Phi) is 4.33. The zero-order valence-electron chi connectivity index (χ0n) is 8.69. The molecular formula is C12H16O2. The van der Waals surface area contributed by atoms with Crippen molar-refractivity contribution in [1.29, 1.82) is 0 Å². The summed E-state index contributed by atoms with van der Waals surface area (Å²) in [7, 11) is 0. The SMILES string of the molecule is CCC(=O)[C@H](C)OCc1ccccc1. The van der Waals surface area contributed by atoms with E-state index in [-0.39, 0.29) is 11.9 Å². The molecule has 1 rings (SSSR count). The highest BCUT2D eigenvalue weighted by atomic mass is 16.5. The van der Waals surface area contributed by atoms with Crippen molar-refractivity contribution in [1.82, 2.24) is 0 Å². The van der Waals surface area contributed by atoms with Gasteiger partial charge >= 0.3 is 0 Å². The number of Topliss-reactive ketones (excluding diaryl/α,β-unsaturated/α-hetero) is 1. The van der Waals surface area contributed by atoms with Gasteiger partial charge < -0.3 is 4.74 Å². The van der Waals surface area contributed by atoms with Gasteiger partial charge in [0.15, 0.2) is 5.78 Å². The minimum absolute atomic E-state index is 0.154. The van der Waals surface area contributed by atoms with Crippen LogP contribution in [0, 0.1) is 0 Å². The van der Waals surface area contributed by atoms with Crippen LogP contribution in [0.4, 0.5) is 0 Å². The van der Waals surface area contributed by atoms with Crippen molar-refractivity contribution in [3.8, 4) is 0 Å². The fraction of sp³-hybridized carbons (Fsp3) is 0.417. The highest BCUT2D eigenvalue weighted by Crippen LogP contribution is 2.04. The van der Waals surface area contributed by atoms with Gasteiger partial charge in [0.05, 0.1) is 6.61 Å². The first-order chi connectivity index (χ1) is 6.74. The number of carbonyl (C=O) groups is 1. The Hall–Kier alpha value is -1.15. The molecule has 1 aromatic rings. The third-order valence-corrected chi connectivity index (χ3v) is 2.14. The van der Waals surface area contributed by atoms with E-state index >= 15 is 0 Å². The molecule has 0 aromatic heterocycles. The van der Waals surface area contributed by atoms with Crippen LogP contribution in [0.2, 0.25) is 0 Å². The second-order valence-corrected chi connectivity index (χ2v) is 3.26. The molecule has 0 N–H and O–H groups in total. The van der Waals surface area contributed by atoms with E-state index in [1.165, 1.54) is 0 Å². The van der Waals surface area contributed by atoms with E-state index in [0.717, 1.165) is 5.56 Å². The van der Waals surface area contributed by atoms with Crippen molar-refractivity contribution < 1.29 is 9.53 Å². The molecule has 0 aliphatic carbocycles. The molecule has 0 saturated carbocycles. The zero-order valence-corrected chi connectivity index (χ0v) is 8.69. The summed E-state index contributed by atoms with van der Waals surface area (Å²) in [6.07, 6.45) is 0.246. The number of hydrogen-bond donors (Lipinski definition) is 0. The fourth-order valence-electron chi connectivity index (χ4n) is 1.18. The highest BCUT2D eigenvalue weighted by molar-refractivity contribution is 5.82. The number of hydrogen-bond acceptors (Lipinski definition) is 2. The predicted octanol–water partition coefficient (Wildman–Crippen LogP) is 2.57. The first-order valence-electron chi connectivity index (χ1n) is 4.92. The molecule has 0 heterocycles. The molecule has 76 valence electrons. The number of benzene rings is 1. The maximum absolute atomic E-state index is 11.2. The largest absolute Gasteiger partial charge is 0.366 e. The molecule has 2 nitrogen and oxygen atoms in total. The van der Waals surface area contributed by atoms with Crippen molar-refractivity contribution in [2.75, 3.05) is 0 Å². The first kappa shape index (κ1) is 10.9. The number of ketones is 1. The summed E-state index contributed by atoms with van der Waals surface area (Å²) in [5, 5.41) is 0. The number of carbonyl (C=O) groups excluding carboxylic acids is 1. The van der Waals surface area contributed by atoms with Crippen LogP contribution in [0.5, 0.6) is 0 Å². The average Bonchev–Trinajstić information content (AvgIpc) is 2.26. The minimum atomic E-state index is -0.291. The second-order valence-electron chi connectivity index (χ2n) is 3.26. The van der Waals surface area contributed by atoms with E-state index in [4.69, 9.17) is 4.74 Å². The lowest BCUT2D eigenvalue weighted by Gasteiger charge is -2.10. The van der Waals surface area contributed by atoms with Crippen LogP contribution in [0.25, 0.3) is 0 Å². The van der Waals surface area contributed by atoms with Gasteiger partial charge in [0.25, 0.3) is 0 Å². The Morgan fingerprint density at radius 3 is 2.57 bits per heavy atom. The standard InChI is InChI=1S/C12H16O2/c1-3-12(13)10(2)14-9-11-7-5-4-6-8-11/h4-8,10H,3,9H2,1-2H3/t10-/m0/s1. The van der Waals surface area contributed by atoms with E-state index in [9.17, 15) is 4.79 Å². The Bertz CT molecular complexity index is 280. The summed E-state index contributed by atoms with van der Waals surface area (Å²) in [6.45, 7) is 4.16. The zero-order chi connectivity index (χ0) is 10.4. The smallest absolute Gasteiger partial charge is 0.161 e. The average molecular weight is 192 g/mol. The Balaban J connectivity index is 2.38. The third-order valence-electron chi connectivity index (χ3n) is 2.14. The Labute approximate surface area is 84.9 Å². The van der Waals surface area contributed by atoms with Crippen LogP contribution in [0.1, 0.15) is 25.8 Å². The molecule has 0 aliphatic heterocycles. The minimum Gasteiger partial charge on any atom is -0.366 e. The fourth-order valence-corrected chi connectivity index (χ4v) is 1.18. The summed E-state index contributed by atoms with van der Waals surface area (Å²) < 4.78 is 5.43. The summed E-state index contributed by atoms with van der Waals surface area (Å²) >= 11 is 0. The van der Waals surface area contributed by atoms with Crippen molar-refractivity contribution in [3.63, 3.8) is 0 Å². The van der Waals surface area contributed by atoms with Gasteiger partial charge in [-0.1, -0.05) is 37.3 Å². The third kappa shape index (κ3) is 3.30. The summed E-state index contributed by atoms with van der Waals surface area (Å²) in [5.41, 5.74) is 1.10. The molecule has 0 bridgehead atoms. The van der Waals surface area contributed by atoms with E-state index in [1.54, 1.807) is 6.92 Å². The van der Waals surface area contributed by atoms with Gasteiger partial charge in [-0.3, -0.25) is 4.79 Å². The normalized spacial score (nSPS) is 12.4. The molecule has 0 fully saturated rings. The van der Waals surface area contributed by atoms with Crippen LogP contribution in [-0.4, -0.2) is 11.9 Å². The lowest BCUT2D eigenvalue weighted by atomic mass is 10.2. The first-order valence-corrected chi connectivity index (χ1v) is 4.92. The van der Waals surface area contributed by atoms with Gasteiger partial charge in [-0.05, 0) is 12.5 Å². The highest BCUT2D eigenvalue weighted by Gasteiger charge is 2.10. The lowest BCUT2D eigenvalue weighted by Crippen LogP contribution is -2.19. The maximum Gasteiger partial charge on any atom is 0.161 e. The quantitative estimate of drug-likeness (QED) is 0.716. The molecule has 14 heavy (non-hydrogen) atoms. The lowest BCUT2D eigenvalue weighted by molar-refractivity contribution is -0.129. The van der Waals surface area contributed by atoms with Crippen molar-refractivity contribution in [2.24, 2.45) is 0 Å². The predicted molar refractivity (Wildman–Crippen MR) is 56.0 cm³/mol. The molecular weight excluding hydrogens is 176 g/mol. The van der Waals surface area contributed by atoms with Crippen molar-refractivity contribution in [2.45, 2.75) is 33.0 Å². The van der Waals surface area contributed by atoms with Gasteiger partial charge in [-0.15, -0.1) is 0 Å². The van der Waals surface area contributed by atoms with E-state index in [2.05, 4.69) is 0 Å². The van der Waals surface area contributed by atoms with E-state index < -0.39 is 0 Å².